The average molecular weight is 442 g/mol. The van der Waals surface area contributed by atoms with Gasteiger partial charge in [0.25, 0.3) is 5.91 Å². The zero-order valence-electron chi connectivity index (χ0n) is 16.8. The van der Waals surface area contributed by atoms with Crippen LogP contribution < -0.4 is 5.84 Å². The van der Waals surface area contributed by atoms with Gasteiger partial charge in [-0.25, -0.2) is 5.84 Å². The van der Waals surface area contributed by atoms with Crippen LogP contribution in [0.1, 0.15) is 39.8 Å². The van der Waals surface area contributed by atoms with Crippen LogP contribution in [-0.4, -0.2) is 36.6 Å². The molecule has 0 saturated heterocycles. The number of hydrazine groups is 1. The quantitative estimate of drug-likeness (QED) is 0.294. The van der Waals surface area contributed by atoms with Crippen LogP contribution in [0.5, 0.6) is 0 Å². The standard InChI is InChI=1S/C21H17F3N6O2/c1-2-18(31)30-19-13(9-28-30)8-27-17-6-3-12(7-16(17)19)20(32)29(25)11-15-5-4-14(10-26-15)21(22,23)24/h3-10H,2,11,25H2,1H3. The number of aromatic nitrogens is 4. The third-order valence-corrected chi connectivity index (χ3v) is 4.92. The summed E-state index contributed by atoms with van der Waals surface area (Å²) in [7, 11) is 0. The number of halogens is 3. The van der Waals surface area contributed by atoms with Crippen molar-refractivity contribution in [2.45, 2.75) is 26.1 Å². The van der Waals surface area contributed by atoms with E-state index in [4.69, 9.17) is 5.84 Å². The molecule has 32 heavy (non-hydrogen) atoms. The van der Waals surface area contributed by atoms with Crippen LogP contribution >= 0.6 is 0 Å². The Balaban J connectivity index is 1.65. The lowest BCUT2D eigenvalue weighted by Gasteiger charge is -2.17. The second-order valence-corrected chi connectivity index (χ2v) is 7.07. The lowest BCUT2D eigenvalue weighted by Crippen LogP contribution is -2.37. The number of carbonyl (C=O) groups is 2. The largest absolute Gasteiger partial charge is 0.417 e. The number of hydrogen-bond acceptors (Lipinski definition) is 6. The molecule has 1 aromatic carbocycles. The van der Waals surface area contributed by atoms with Crippen molar-refractivity contribution in [1.29, 1.82) is 0 Å². The van der Waals surface area contributed by atoms with E-state index in [1.54, 1.807) is 25.3 Å². The van der Waals surface area contributed by atoms with Crippen LogP contribution in [0.4, 0.5) is 13.2 Å². The molecule has 1 amide bonds. The summed E-state index contributed by atoms with van der Waals surface area (Å²) in [6.07, 6.45) is -0.444. The number of hydrogen-bond donors (Lipinski definition) is 1. The van der Waals surface area contributed by atoms with Crippen molar-refractivity contribution in [2.24, 2.45) is 5.84 Å². The summed E-state index contributed by atoms with van der Waals surface area (Å²) in [5.74, 6) is 5.09. The summed E-state index contributed by atoms with van der Waals surface area (Å²) in [5, 5.41) is 6.18. The maximum Gasteiger partial charge on any atom is 0.417 e. The first-order valence-electron chi connectivity index (χ1n) is 9.57. The molecule has 0 aliphatic rings. The molecule has 0 radical (unpaired) electrons. The second kappa shape index (κ2) is 8.00. The number of rotatable bonds is 4. The van der Waals surface area contributed by atoms with Crippen molar-refractivity contribution in [3.63, 3.8) is 0 Å². The van der Waals surface area contributed by atoms with Gasteiger partial charge in [0.1, 0.15) is 0 Å². The fraction of sp³-hybridized carbons (Fsp3) is 0.190. The molecule has 11 heteroatoms. The smallest absolute Gasteiger partial charge is 0.273 e. The van der Waals surface area contributed by atoms with Gasteiger partial charge in [-0.3, -0.25) is 24.6 Å². The van der Waals surface area contributed by atoms with Crippen molar-refractivity contribution in [3.05, 3.63) is 65.7 Å². The molecule has 0 spiro atoms. The van der Waals surface area contributed by atoms with Gasteiger partial charge in [-0.1, -0.05) is 6.92 Å². The van der Waals surface area contributed by atoms with E-state index < -0.39 is 17.6 Å². The molecular formula is C21H17F3N6O2. The van der Waals surface area contributed by atoms with Crippen LogP contribution in [0, 0.1) is 0 Å². The van der Waals surface area contributed by atoms with E-state index in [2.05, 4.69) is 15.1 Å². The highest BCUT2D eigenvalue weighted by Gasteiger charge is 2.30. The minimum Gasteiger partial charge on any atom is -0.273 e. The maximum atomic E-state index is 12.9. The third-order valence-electron chi connectivity index (χ3n) is 4.92. The van der Waals surface area contributed by atoms with Gasteiger partial charge in [0.15, 0.2) is 0 Å². The molecule has 4 rings (SSSR count). The summed E-state index contributed by atoms with van der Waals surface area (Å²) in [5.41, 5.74) is 0.626. The molecule has 164 valence electrons. The fourth-order valence-corrected chi connectivity index (χ4v) is 3.27. The molecule has 0 unspecified atom stereocenters. The van der Waals surface area contributed by atoms with Crippen LogP contribution in [0.3, 0.4) is 0 Å². The summed E-state index contributed by atoms with van der Waals surface area (Å²) in [4.78, 5) is 33.2. The van der Waals surface area contributed by atoms with E-state index in [-0.39, 0.29) is 30.1 Å². The molecule has 0 atom stereocenters. The number of alkyl halides is 3. The fourth-order valence-electron chi connectivity index (χ4n) is 3.27. The van der Waals surface area contributed by atoms with Crippen LogP contribution in [-0.2, 0) is 12.7 Å². The SMILES string of the molecule is CCC(=O)n1ncc2cnc3ccc(C(=O)N(N)Cc4ccc(C(F)(F)F)cn4)cc3c21. The van der Waals surface area contributed by atoms with Crippen molar-refractivity contribution in [2.75, 3.05) is 0 Å². The van der Waals surface area contributed by atoms with Crippen LogP contribution in [0.15, 0.2) is 48.9 Å². The minimum atomic E-state index is -4.50. The van der Waals surface area contributed by atoms with Gasteiger partial charge in [0.05, 0.1) is 35.0 Å². The van der Waals surface area contributed by atoms with Crippen molar-refractivity contribution >= 4 is 33.6 Å². The minimum absolute atomic E-state index is 0.191. The van der Waals surface area contributed by atoms with Gasteiger partial charge < -0.3 is 0 Å². The zero-order chi connectivity index (χ0) is 23.0. The number of nitrogens with zero attached hydrogens (tertiary/aromatic N) is 5. The molecule has 3 heterocycles. The zero-order valence-corrected chi connectivity index (χ0v) is 16.8. The third kappa shape index (κ3) is 3.89. The van der Waals surface area contributed by atoms with Gasteiger partial charge in [0.2, 0.25) is 5.91 Å². The Morgan fingerprint density at radius 1 is 1.09 bits per heavy atom. The summed E-state index contributed by atoms with van der Waals surface area (Å²) in [6, 6.07) is 6.77. The molecule has 0 bridgehead atoms. The maximum absolute atomic E-state index is 12.9. The van der Waals surface area contributed by atoms with E-state index >= 15 is 0 Å². The topological polar surface area (TPSA) is 107 Å². The predicted molar refractivity (Wildman–Crippen MR) is 109 cm³/mol. The average Bonchev–Trinajstić information content (AvgIpc) is 3.22. The molecule has 0 aliphatic carbocycles. The number of benzene rings is 1. The number of amides is 1. The Labute approximate surface area is 179 Å². The van der Waals surface area contributed by atoms with Crippen LogP contribution in [0.25, 0.3) is 21.8 Å². The Hall–Kier alpha value is -3.86. The van der Waals surface area contributed by atoms with Crippen molar-refractivity contribution in [1.82, 2.24) is 24.8 Å². The molecule has 0 fully saturated rings. The summed E-state index contributed by atoms with van der Waals surface area (Å²) in [6.45, 7) is 1.53. The van der Waals surface area contributed by atoms with Gasteiger partial charge in [0, 0.05) is 35.2 Å². The van der Waals surface area contributed by atoms with Gasteiger partial charge >= 0.3 is 6.18 Å². The van der Waals surface area contributed by atoms with Gasteiger partial charge in [-0.2, -0.15) is 23.0 Å². The Morgan fingerprint density at radius 2 is 1.88 bits per heavy atom. The Bertz CT molecular complexity index is 1330. The molecule has 4 aromatic rings. The highest BCUT2D eigenvalue weighted by Crippen LogP contribution is 2.28. The van der Waals surface area contributed by atoms with Crippen LogP contribution in [0.2, 0.25) is 0 Å². The second-order valence-electron chi connectivity index (χ2n) is 7.07. The van der Waals surface area contributed by atoms with Crippen molar-refractivity contribution < 1.29 is 22.8 Å². The molecular weight excluding hydrogens is 425 g/mol. The Morgan fingerprint density at radius 3 is 2.53 bits per heavy atom. The Kier molecular flexibility index (Phi) is 5.35. The first-order chi connectivity index (χ1) is 15.2. The molecule has 0 saturated carbocycles. The monoisotopic (exact) mass is 442 g/mol. The van der Waals surface area contributed by atoms with Crippen molar-refractivity contribution in [3.8, 4) is 0 Å². The number of fused-ring (bicyclic) bond motifs is 3. The molecule has 2 N–H and O–H groups in total. The first-order valence-corrected chi connectivity index (χ1v) is 9.57. The summed E-state index contributed by atoms with van der Waals surface area (Å²) < 4.78 is 39.3. The molecule has 8 nitrogen and oxygen atoms in total. The van der Waals surface area contributed by atoms with Gasteiger partial charge in [-0.15, -0.1) is 0 Å². The number of nitrogens with two attached hydrogens (primary N) is 1. The van der Waals surface area contributed by atoms with E-state index in [0.29, 0.717) is 28.0 Å². The lowest BCUT2D eigenvalue weighted by atomic mass is 10.1. The first kappa shape index (κ1) is 21.4. The van der Waals surface area contributed by atoms with E-state index in [9.17, 15) is 22.8 Å². The highest BCUT2D eigenvalue weighted by molar-refractivity contribution is 6.09. The normalized spacial score (nSPS) is 11.8. The van der Waals surface area contributed by atoms with Gasteiger partial charge in [-0.05, 0) is 30.3 Å². The number of carbonyl (C=O) groups excluding carboxylic acids is 2. The molecule has 3 aromatic heterocycles. The van der Waals surface area contributed by atoms with E-state index in [1.165, 1.54) is 23.0 Å². The van der Waals surface area contributed by atoms with E-state index in [1.807, 2.05) is 0 Å². The highest BCUT2D eigenvalue weighted by atomic mass is 19.4. The predicted octanol–water partition coefficient (Wildman–Crippen LogP) is 3.56. The van der Waals surface area contributed by atoms with E-state index in [0.717, 1.165) is 11.1 Å². The molecule has 0 aliphatic heterocycles. The lowest BCUT2D eigenvalue weighted by molar-refractivity contribution is -0.137. The summed E-state index contributed by atoms with van der Waals surface area (Å²) >= 11 is 0. The number of pyridine rings is 2.